The third-order valence-electron chi connectivity index (χ3n) is 4.05. The highest BCUT2D eigenvalue weighted by Gasteiger charge is 2.38. The first-order valence-electron chi connectivity index (χ1n) is 6.02. The lowest BCUT2D eigenvalue weighted by molar-refractivity contribution is 0.217. The number of halogens is 1. The van der Waals surface area contributed by atoms with Gasteiger partial charge in [-0.25, -0.2) is 4.39 Å². The predicted octanol–water partition coefficient (Wildman–Crippen LogP) is 2.14. The van der Waals surface area contributed by atoms with Crippen molar-refractivity contribution in [1.82, 2.24) is 0 Å². The fourth-order valence-electron chi connectivity index (χ4n) is 3.11. The van der Waals surface area contributed by atoms with Crippen LogP contribution < -0.4 is 10.6 Å². The topological polar surface area (TPSA) is 29.3 Å². The predicted molar refractivity (Wildman–Crippen MR) is 62.9 cm³/mol. The maximum Gasteiger partial charge on any atom is 0.123 e. The Balaban J connectivity index is 1.84. The standard InChI is InChI=1S/C13H17FN2/c14-10-2-5-11(6-3-10)16-8-9-1-4-12(16)7-13(9)15/h2-3,5-6,9,12-13H,1,4,7-8,15H2. The zero-order chi connectivity index (χ0) is 11.1. The third-order valence-corrected chi connectivity index (χ3v) is 4.05. The summed E-state index contributed by atoms with van der Waals surface area (Å²) in [5, 5.41) is 0. The first-order valence-corrected chi connectivity index (χ1v) is 6.02. The minimum atomic E-state index is -0.164. The molecule has 1 aromatic rings. The highest BCUT2D eigenvalue weighted by Crippen LogP contribution is 2.37. The van der Waals surface area contributed by atoms with Gasteiger partial charge in [-0.2, -0.15) is 0 Å². The zero-order valence-corrected chi connectivity index (χ0v) is 9.27. The Kier molecular flexibility index (Phi) is 2.36. The molecule has 3 heteroatoms. The van der Waals surface area contributed by atoms with Crippen LogP contribution in [0.15, 0.2) is 24.3 Å². The fraction of sp³-hybridized carbons (Fsp3) is 0.538. The molecule has 2 nitrogen and oxygen atoms in total. The number of benzene rings is 1. The maximum absolute atomic E-state index is 12.9. The zero-order valence-electron chi connectivity index (χ0n) is 9.27. The van der Waals surface area contributed by atoms with E-state index in [1.807, 2.05) is 12.1 Å². The average molecular weight is 220 g/mol. The molecule has 2 heterocycles. The van der Waals surface area contributed by atoms with Gasteiger partial charge < -0.3 is 10.6 Å². The van der Waals surface area contributed by atoms with Crippen molar-refractivity contribution < 1.29 is 4.39 Å². The van der Waals surface area contributed by atoms with Gasteiger partial charge in [-0.15, -0.1) is 0 Å². The van der Waals surface area contributed by atoms with Gasteiger partial charge in [-0.3, -0.25) is 0 Å². The van der Waals surface area contributed by atoms with Gasteiger partial charge in [0.2, 0.25) is 0 Å². The molecule has 2 aliphatic heterocycles. The fourth-order valence-corrected chi connectivity index (χ4v) is 3.11. The van der Waals surface area contributed by atoms with E-state index in [2.05, 4.69) is 4.90 Å². The number of rotatable bonds is 1. The molecule has 3 fully saturated rings. The lowest BCUT2D eigenvalue weighted by Gasteiger charge is -2.49. The molecule has 3 aliphatic rings. The van der Waals surface area contributed by atoms with Crippen LogP contribution in [-0.2, 0) is 0 Å². The van der Waals surface area contributed by atoms with Gasteiger partial charge in [0.05, 0.1) is 0 Å². The number of fused-ring (bicyclic) bond motifs is 3. The van der Waals surface area contributed by atoms with Crippen molar-refractivity contribution in [3.63, 3.8) is 0 Å². The lowest BCUT2D eigenvalue weighted by Crippen LogP contribution is -2.56. The molecule has 0 spiro atoms. The van der Waals surface area contributed by atoms with Crippen molar-refractivity contribution in [3.05, 3.63) is 30.1 Å². The van der Waals surface area contributed by atoms with Crippen LogP contribution in [0.3, 0.4) is 0 Å². The summed E-state index contributed by atoms with van der Waals surface area (Å²) in [6, 6.07) is 7.76. The number of hydrogen-bond donors (Lipinski definition) is 1. The molecule has 1 aliphatic carbocycles. The van der Waals surface area contributed by atoms with E-state index in [1.54, 1.807) is 0 Å². The van der Waals surface area contributed by atoms with Crippen LogP contribution in [0, 0.1) is 11.7 Å². The second kappa shape index (κ2) is 3.74. The maximum atomic E-state index is 12.9. The van der Waals surface area contributed by atoms with Crippen LogP contribution in [-0.4, -0.2) is 18.6 Å². The Morgan fingerprint density at radius 3 is 2.50 bits per heavy atom. The molecule has 1 aromatic carbocycles. The Morgan fingerprint density at radius 1 is 1.19 bits per heavy atom. The van der Waals surface area contributed by atoms with Crippen LogP contribution in [0.25, 0.3) is 0 Å². The Hall–Kier alpha value is -1.09. The highest BCUT2D eigenvalue weighted by atomic mass is 19.1. The van der Waals surface area contributed by atoms with Crippen LogP contribution in [0.5, 0.6) is 0 Å². The summed E-state index contributed by atoms with van der Waals surface area (Å²) in [4.78, 5) is 2.40. The summed E-state index contributed by atoms with van der Waals surface area (Å²) in [6.45, 7) is 1.04. The van der Waals surface area contributed by atoms with Crippen molar-refractivity contribution in [2.75, 3.05) is 11.4 Å². The number of nitrogens with zero attached hydrogens (tertiary/aromatic N) is 1. The summed E-state index contributed by atoms with van der Waals surface area (Å²) < 4.78 is 12.9. The summed E-state index contributed by atoms with van der Waals surface area (Å²) in [5.41, 5.74) is 7.24. The molecule has 0 aromatic heterocycles. The van der Waals surface area contributed by atoms with E-state index >= 15 is 0 Å². The lowest BCUT2D eigenvalue weighted by atomic mass is 9.76. The van der Waals surface area contributed by atoms with Gasteiger partial charge >= 0.3 is 0 Å². The van der Waals surface area contributed by atoms with Gasteiger partial charge in [0.15, 0.2) is 0 Å². The molecular formula is C13H17FN2. The van der Waals surface area contributed by atoms with Crippen molar-refractivity contribution in [2.45, 2.75) is 31.3 Å². The normalized spacial score (nSPS) is 33.1. The highest BCUT2D eigenvalue weighted by molar-refractivity contribution is 5.48. The average Bonchev–Trinajstić information content (AvgIpc) is 2.31. The summed E-state index contributed by atoms with van der Waals surface area (Å²) >= 11 is 0. The molecule has 1 saturated carbocycles. The number of nitrogens with two attached hydrogens (primary N) is 1. The quantitative estimate of drug-likeness (QED) is 0.785. The van der Waals surface area contributed by atoms with E-state index in [-0.39, 0.29) is 5.82 Å². The summed E-state index contributed by atoms with van der Waals surface area (Å²) in [6.07, 6.45) is 3.57. The Labute approximate surface area is 95.2 Å². The number of hydrogen-bond acceptors (Lipinski definition) is 2. The monoisotopic (exact) mass is 220 g/mol. The van der Waals surface area contributed by atoms with Crippen LogP contribution >= 0.6 is 0 Å². The van der Waals surface area contributed by atoms with Crippen molar-refractivity contribution in [2.24, 2.45) is 11.7 Å². The second-order valence-corrected chi connectivity index (χ2v) is 5.02. The summed E-state index contributed by atoms with van der Waals surface area (Å²) in [5.74, 6) is 0.456. The minimum absolute atomic E-state index is 0.164. The van der Waals surface area contributed by atoms with E-state index in [9.17, 15) is 4.39 Å². The van der Waals surface area contributed by atoms with Gasteiger partial charge in [-0.05, 0) is 49.4 Å². The SMILES string of the molecule is NC1CC2CCC1CN2c1ccc(F)cc1. The molecule has 86 valence electrons. The molecule has 2 bridgehead atoms. The third kappa shape index (κ3) is 1.59. The van der Waals surface area contributed by atoms with Crippen molar-refractivity contribution in [3.8, 4) is 0 Å². The Bertz CT molecular complexity index is 376. The van der Waals surface area contributed by atoms with Crippen molar-refractivity contribution in [1.29, 1.82) is 0 Å². The molecule has 2 saturated heterocycles. The number of piperidine rings is 2. The van der Waals surface area contributed by atoms with Gasteiger partial charge in [0.1, 0.15) is 5.82 Å². The smallest absolute Gasteiger partial charge is 0.123 e. The van der Waals surface area contributed by atoms with Gasteiger partial charge in [0.25, 0.3) is 0 Å². The van der Waals surface area contributed by atoms with E-state index in [0.717, 1.165) is 18.7 Å². The van der Waals surface area contributed by atoms with Gasteiger partial charge in [-0.1, -0.05) is 0 Å². The van der Waals surface area contributed by atoms with E-state index in [1.165, 1.54) is 25.0 Å². The second-order valence-electron chi connectivity index (χ2n) is 5.02. The Morgan fingerprint density at radius 2 is 1.94 bits per heavy atom. The first-order chi connectivity index (χ1) is 7.74. The largest absolute Gasteiger partial charge is 0.368 e. The van der Waals surface area contributed by atoms with E-state index in [4.69, 9.17) is 5.73 Å². The minimum Gasteiger partial charge on any atom is -0.368 e. The molecule has 3 unspecified atom stereocenters. The molecule has 4 rings (SSSR count). The first kappa shape index (κ1) is 10.1. The molecule has 2 N–H and O–H groups in total. The molecule has 16 heavy (non-hydrogen) atoms. The number of anilines is 1. The molecule has 0 amide bonds. The van der Waals surface area contributed by atoms with Gasteiger partial charge in [0, 0.05) is 24.3 Å². The van der Waals surface area contributed by atoms with Crippen molar-refractivity contribution >= 4 is 5.69 Å². The molecular weight excluding hydrogens is 203 g/mol. The molecule has 3 atom stereocenters. The summed E-state index contributed by atoms with van der Waals surface area (Å²) in [7, 11) is 0. The van der Waals surface area contributed by atoms with Crippen LogP contribution in [0.1, 0.15) is 19.3 Å². The van der Waals surface area contributed by atoms with E-state index in [0.29, 0.717) is 18.0 Å². The van der Waals surface area contributed by atoms with E-state index < -0.39 is 0 Å². The molecule has 0 radical (unpaired) electrons. The van der Waals surface area contributed by atoms with Crippen LogP contribution in [0.4, 0.5) is 10.1 Å². The van der Waals surface area contributed by atoms with Crippen LogP contribution in [0.2, 0.25) is 0 Å².